The first-order valence-electron chi connectivity index (χ1n) is 6.13. The summed E-state index contributed by atoms with van der Waals surface area (Å²) in [6.45, 7) is -0.204. The molecule has 4 N–H and O–H groups in total. The molecular formula is C12H14N2O6S. The SMILES string of the molecule is O=C1Cc2cc(S(=O)(=O)NCC[C@H](O)C(=O)O)ccc2N1. The van der Waals surface area contributed by atoms with Crippen molar-refractivity contribution in [3.8, 4) is 0 Å². The van der Waals surface area contributed by atoms with Crippen LogP contribution in [0, 0.1) is 0 Å². The highest BCUT2D eigenvalue weighted by atomic mass is 32.2. The van der Waals surface area contributed by atoms with Gasteiger partial charge in [-0.05, 0) is 30.2 Å². The van der Waals surface area contributed by atoms with Crippen LogP contribution in [0.3, 0.4) is 0 Å². The van der Waals surface area contributed by atoms with E-state index in [0.717, 1.165) is 0 Å². The monoisotopic (exact) mass is 314 g/mol. The van der Waals surface area contributed by atoms with Crippen molar-refractivity contribution in [3.63, 3.8) is 0 Å². The molecule has 0 saturated carbocycles. The molecule has 2 rings (SSSR count). The lowest BCUT2D eigenvalue weighted by atomic mass is 10.2. The molecule has 1 aromatic carbocycles. The maximum Gasteiger partial charge on any atom is 0.332 e. The molecule has 9 heteroatoms. The summed E-state index contributed by atoms with van der Waals surface area (Å²) < 4.78 is 26.2. The van der Waals surface area contributed by atoms with Gasteiger partial charge < -0.3 is 15.5 Å². The third kappa shape index (κ3) is 3.57. The van der Waals surface area contributed by atoms with Crippen LogP contribution >= 0.6 is 0 Å². The quantitative estimate of drug-likeness (QED) is 0.548. The zero-order chi connectivity index (χ0) is 15.6. The number of carboxylic acids is 1. The highest BCUT2D eigenvalue weighted by Crippen LogP contribution is 2.25. The van der Waals surface area contributed by atoms with Gasteiger partial charge in [0.1, 0.15) is 0 Å². The molecule has 0 aliphatic carbocycles. The average molecular weight is 314 g/mol. The number of aliphatic carboxylic acids is 1. The van der Waals surface area contributed by atoms with Crippen molar-refractivity contribution in [1.29, 1.82) is 0 Å². The van der Waals surface area contributed by atoms with Crippen LogP contribution in [0.4, 0.5) is 5.69 Å². The highest BCUT2D eigenvalue weighted by Gasteiger charge is 2.22. The van der Waals surface area contributed by atoms with Crippen LogP contribution < -0.4 is 10.0 Å². The standard InChI is InChI=1S/C12H14N2O6S/c15-10(12(17)18)3-4-13-21(19,20)8-1-2-9-7(5-8)6-11(16)14-9/h1-2,5,10,13,15H,3-4,6H2,(H,14,16)(H,17,18)/t10-/m0/s1. The first kappa shape index (κ1) is 15.4. The number of carbonyl (C=O) groups is 2. The van der Waals surface area contributed by atoms with E-state index >= 15 is 0 Å². The van der Waals surface area contributed by atoms with E-state index in [1.807, 2.05) is 0 Å². The highest BCUT2D eigenvalue weighted by molar-refractivity contribution is 7.89. The molecule has 1 amide bonds. The maximum atomic E-state index is 12.0. The minimum absolute atomic E-state index is 0.0115. The second-order valence-corrected chi connectivity index (χ2v) is 6.35. The van der Waals surface area contributed by atoms with Gasteiger partial charge in [-0.2, -0.15) is 0 Å². The van der Waals surface area contributed by atoms with Crippen molar-refractivity contribution < 1.29 is 28.2 Å². The lowest BCUT2D eigenvalue weighted by Crippen LogP contribution is -2.30. The van der Waals surface area contributed by atoms with E-state index in [4.69, 9.17) is 10.2 Å². The molecule has 0 bridgehead atoms. The minimum atomic E-state index is -3.81. The smallest absolute Gasteiger partial charge is 0.332 e. The Morgan fingerprint density at radius 2 is 2.14 bits per heavy atom. The van der Waals surface area contributed by atoms with Gasteiger partial charge in [-0.25, -0.2) is 17.9 Å². The van der Waals surface area contributed by atoms with E-state index in [1.165, 1.54) is 18.2 Å². The predicted octanol–water partition coefficient (Wildman–Crippen LogP) is -0.705. The van der Waals surface area contributed by atoms with Gasteiger partial charge in [0.2, 0.25) is 15.9 Å². The van der Waals surface area contributed by atoms with Gasteiger partial charge >= 0.3 is 5.97 Å². The van der Waals surface area contributed by atoms with Crippen molar-refractivity contribution >= 4 is 27.6 Å². The van der Waals surface area contributed by atoms with E-state index in [1.54, 1.807) is 0 Å². The fourth-order valence-corrected chi connectivity index (χ4v) is 3.01. The van der Waals surface area contributed by atoms with Crippen LogP contribution in [-0.2, 0) is 26.0 Å². The van der Waals surface area contributed by atoms with Crippen LogP contribution in [0.2, 0.25) is 0 Å². The van der Waals surface area contributed by atoms with Gasteiger partial charge in [0, 0.05) is 12.2 Å². The topological polar surface area (TPSA) is 133 Å². The lowest BCUT2D eigenvalue weighted by molar-refractivity contribution is -0.146. The Labute approximate surface area is 120 Å². The normalized spacial score (nSPS) is 15.4. The molecule has 0 radical (unpaired) electrons. The Kier molecular flexibility index (Phi) is 4.26. The molecule has 0 unspecified atom stereocenters. The fraction of sp³-hybridized carbons (Fsp3) is 0.333. The number of sulfonamides is 1. The van der Waals surface area contributed by atoms with Gasteiger partial charge in [0.15, 0.2) is 6.10 Å². The van der Waals surface area contributed by atoms with Crippen molar-refractivity contribution in [1.82, 2.24) is 4.72 Å². The summed E-state index contributed by atoms with van der Waals surface area (Å²) in [5.41, 5.74) is 1.17. The molecule has 1 aliphatic rings. The molecule has 0 aromatic heterocycles. The maximum absolute atomic E-state index is 12.0. The van der Waals surface area contributed by atoms with Crippen LogP contribution in [-0.4, -0.2) is 43.2 Å². The molecule has 1 heterocycles. The molecule has 8 nitrogen and oxygen atoms in total. The largest absolute Gasteiger partial charge is 0.479 e. The molecule has 1 atom stereocenters. The number of benzene rings is 1. The van der Waals surface area contributed by atoms with Crippen molar-refractivity contribution in [2.45, 2.75) is 23.8 Å². The number of aliphatic hydroxyl groups excluding tert-OH is 1. The number of fused-ring (bicyclic) bond motifs is 1. The number of nitrogens with one attached hydrogen (secondary N) is 2. The Morgan fingerprint density at radius 3 is 2.81 bits per heavy atom. The third-order valence-corrected chi connectivity index (χ3v) is 4.47. The molecule has 1 aliphatic heterocycles. The number of carbonyl (C=O) groups excluding carboxylic acids is 1. The summed E-state index contributed by atoms with van der Waals surface area (Å²) in [6, 6.07) is 4.24. The molecule has 0 spiro atoms. The van der Waals surface area contributed by atoms with Crippen LogP contribution in [0.15, 0.2) is 23.1 Å². The molecule has 0 fully saturated rings. The summed E-state index contributed by atoms with van der Waals surface area (Å²) >= 11 is 0. The summed E-state index contributed by atoms with van der Waals surface area (Å²) in [5, 5.41) is 20.2. The molecule has 114 valence electrons. The minimum Gasteiger partial charge on any atom is -0.479 e. The average Bonchev–Trinajstić information content (AvgIpc) is 2.77. The van der Waals surface area contributed by atoms with Crippen molar-refractivity contribution in [2.75, 3.05) is 11.9 Å². The van der Waals surface area contributed by atoms with Crippen LogP contribution in [0.1, 0.15) is 12.0 Å². The molecule has 0 saturated heterocycles. The number of amides is 1. The zero-order valence-corrected chi connectivity index (χ0v) is 11.7. The lowest BCUT2D eigenvalue weighted by Gasteiger charge is -2.09. The van der Waals surface area contributed by atoms with Gasteiger partial charge in [-0.1, -0.05) is 0 Å². The van der Waals surface area contributed by atoms with E-state index in [-0.39, 0.29) is 30.2 Å². The van der Waals surface area contributed by atoms with Gasteiger partial charge in [0.25, 0.3) is 0 Å². The number of hydrogen-bond donors (Lipinski definition) is 4. The van der Waals surface area contributed by atoms with E-state index in [2.05, 4.69) is 10.0 Å². The van der Waals surface area contributed by atoms with Crippen molar-refractivity contribution in [2.24, 2.45) is 0 Å². The summed E-state index contributed by atoms with van der Waals surface area (Å²) in [5.74, 6) is -1.60. The third-order valence-electron chi connectivity index (χ3n) is 3.01. The summed E-state index contributed by atoms with van der Waals surface area (Å²) in [4.78, 5) is 21.6. The number of anilines is 1. The summed E-state index contributed by atoms with van der Waals surface area (Å²) in [7, 11) is -3.81. The second kappa shape index (κ2) is 5.80. The number of rotatable bonds is 6. The second-order valence-electron chi connectivity index (χ2n) is 4.58. The Hall–Kier alpha value is -1.97. The Morgan fingerprint density at radius 1 is 1.43 bits per heavy atom. The summed E-state index contributed by atoms with van der Waals surface area (Å²) in [6.07, 6.45) is -1.73. The van der Waals surface area contributed by atoms with E-state index in [9.17, 15) is 18.0 Å². The van der Waals surface area contributed by atoms with Gasteiger partial charge in [-0.3, -0.25) is 4.79 Å². The Bertz CT molecular complexity index is 685. The number of carboxylic acid groups (broad SMARTS) is 1. The first-order chi connectivity index (χ1) is 9.79. The van der Waals surface area contributed by atoms with Crippen LogP contribution in [0.25, 0.3) is 0 Å². The number of hydrogen-bond acceptors (Lipinski definition) is 5. The predicted molar refractivity (Wildman–Crippen MR) is 72.2 cm³/mol. The number of aliphatic hydroxyl groups is 1. The first-order valence-corrected chi connectivity index (χ1v) is 7.61. The van der Waals surface area contributed by atoms with Crippen molar-refractivity contribution in [3.05, 3.63) is 23.8 Å². The molecule has 1 aromatic rings. The fourth-order valence-electron chi connectivity index (χ4n) is 1.91. The van der Waals surface area contributed by atoms with Crippen LogP contribution in [0.5, 0.6) is 0 Å². The molecular weight excluding hydrogens is 300 g/mol. The zero-order valence-electron chi connectivity index (χ0n) is 10.9. The molecule has 21 heavy (non-hydrogen) atoms. The van der Waals surface area contributed by atoms with Gasteiger partial charge in [-0.15, -0.1) is 0 Å². The Balaban J connectivity index is 2.05. The van der Waals surface area contributed by atoms with E-state index < -0.39 is 22.1 Å². The van der Waals surface area contributed by atoms with E-state index in [0.29, 0.717) is 11.3 Å². The van der Waals surface area contributed by atoms with Gasteiger partial charge in [0.05, 0.1) is 11.3 Å².